The quantitative estimate of drug-likeness (QED) is 0.125. The summed E-state index contributed by atoms with van der Waals surface area (Å²) in [4.78, 5) is 16.2. The van der Waals surface area contributed by atoms with Crippen molar-refractivity contribution in [2.75, 3.05) is 28.4 Å². The standard InChI is InChI=1S/C52H37F9N4O4/c1-66-32-13-5-28(6-14-32)44-37-21-22-38(62-37)45(29-7-15-33(67-2)16-8-29)40-25-26-42(64-40)47(31-11-19-35(69-4)20-12-31)48-36(49(53,54)50(55,56)51(57,58)52(59,60)61)27-43(65-48)46(41-24-23-39(44)63-41)30-9-17-34(68-3)18-10-30/h5-27,63,65H,1-4H3. The van der Waals surface area contributed by atoms with E-state index < -0.39 is 35.0 Å². The molecule has 5 heterocycles. The molecule has 0 amide bonds. The van der Waals surface area contributed by atoms with E-state index in [-0.39, 0.29) is 50.4 Å². The van der Waals surface area contributed by atoms with E-state index in [1.165, 1.54) is 89.1 Å². The van der Waals surface area contributed by atoms with Crippen LogP contribution in [0.2, 0.25) is 0 Å². The molecule has 4 aromatic carbocycles. The van der Waals surface area contributed by atoms with Crippen LogP contribution in [0.1, 0.15) is 28.3 Å². The van der Waals surface area contributed by atoms with Crippen LogP contribution in [0.4, 0.5) is 39.5 Å². The Bertz CT molecular complexity index is 3320. The predicted octanol–water partition coefficient (Wildman–Crippen LogP) is 14.3. The van der Waals surface area contributed by atoms with Crippen LogP contribution in [0, 0.1) is 0 Å². The van der Waals surface area contributed by atoms with E-state index in [9.17, 15) is 22.0 Å². The second-order valence-electron chi connectivity index (χ2n) is 15.8. The molecule has 2 N–H and O–H groups in total. The van der Waals surface area contributed by atoms with Gasteiger partial charge in [-0.1, -0.05) is 48.5 Å². The number of aromatic nitrogens is 4. The van der Waals surface area contributed by atoms with Gasteiger partial charge < -0.3 is 28.9 Å². The Labute approximate surface area is 387 Å². The van der Waals surface area contributed by atoms with Crippen molar-refractivity contribution < 1.29 is 58.5 Å². The normalized spacial score (nSPS) is 12.9. The third-order valence-electron chi connectivity index (χ3n) is 11.9. The first-order valence-electron chi connectivity index (χ1n) is 20.9. The second kappa shape index (κ2) is 17.3. The molecule has 0 fully saturated rings. The minimum absolute atomic E-state index is 0.0181. The molecule has 0 saturated heterocycles. The molecule has 8 nitrogen and oxygen atoms in total. The fourth-order valence-electron chi connectivity index (χ4n) is 8.32. The lowest BCUT2D eigenvalue weighted by Crippen LogP contribution is -2.59. The van der Waals surface area contributed by atoms with Crippen molar-refractivity contribution in [3.63, 3.8) is 0 Å². The van der Waals surface area contributed by atoms with Crippen LogP contribution in [0.15, 0.2) is 115 Å². The van der Waals surface area contributed by atoms with Crippen LogP contribution in [-0.4, -0.2) is 66.4 Å². The van der Waals surface area contributed by atoms with E-state index in [1.807, 2.05) is 6.08 Å². The molecule has 69 heavy (non-hydrogen) atoms. The Kier molecular flexibility index (Phi) is 11.6. The zero-order valence-corrected chi connectivity index (χ0v) is 36.7. The molecule has 3 aromatic heterocycles. The summed E-state index contributed by atoms with van der Waals surface area (Å²) in [6.07, 6.45) is -0.594. The number of H-pyrrole nitrogens is 2. The van der Waals surface area contributed by atoms with Gasteiger partial charge in [0, 0.05) is 38.8 Å². The smallest absolute Gasteiger partial charge is 0.460 e. The highest BCUT2D eigenvalue weighted by Crippen LogP contribution is 2.58. The van der Waals surface area contributed by atoms with Crippen molar-refractivity contribution in [3.05, 3.63) is 144 Å². The molecule has 2 aliphatic heterocycles. The summed E-state index contributed by atoms with van der Waals surface area (Å²) in [6, 6.07) is 29.4. The predicted molar refractivity (Wildman–Crippen MR) is 247 cm³/mol. The van der Waals surface area contributed by atoms with Crippen molar-refractivity contribution in [2.45, 2.75) is 23.9 Å². The highest BCUT2D eigenvalue weighted by molar-refractivity contribution is 6.01. The van der Waals surface area contributed by atoms with E-state index >= 15 is 17.6 Å². The second-order valence-corrected chi connectivity index (χ2v) is 15.8. The topological polar surface area (TPSA) is 94.3 Å². The van der Waals surface area contributed by atoms with E-state index in [0.717, 1.165) is 0 Å². The highest BCUT2D eigenvalue weighted by Gasteiger charge is 2.82. The van der Waals surface area contributed by atoms with Crippen LogP contribution in [-0.2, 0) is 5.92 Å². The minimum atomic E-state index is -7.21. The number of fused-ring (bicyclic) bond motifs is 8. The van der Waals surface area contributed by atoms with Gasteiger partial charge in [0.15, 0.2) is 0 Å². The summed E-state index contributed by atoms with van der Waals surface area (Å²) in [5.41, 5.74) is 0.455. The SMILES string of the molecule is COc1ccc(-c2c3nc(c(-c4ccc(OC)cc4)c4ccc([nH]4)c(-c4ccc(OC)cc4)c4cc(C(F)(F)C(F)(F)C(F)(F)C(F)(F)F)c([nH]4)c(-c4ccc(OC)cc4)c4nc2C=C4)C=C3)cc1. The van der Waals surface area contributed by atoms with E-state index in [2.05, 4.69) is 9.97 Å². The molecule has 0 aliphatic carbocycles. The Morgan fingerprint density at radius 1 is 0.377 bits per heavy atom. The molecule has 0 spiro atoms. The number of aromatic amines is 2. The lowest BCUT2D eigenvalue weighted by Gasteiger charge is -2.33. The molecular weight excluding hydrogens is 916 g/mol. The van der Waals surface area contributed by atoms with Gasteiger partial charge in [-0.3, -0.25) is 0 Å². The Morgan fingerprint density at radius 3 is 1.13 bits per heavy atom. The average molecular weight is 953 g/mol. The van der Waals surface area contributed by atoms with E-state index in [0.29, 0.717) is 62.5 Å². The summed E-state index contributed by atoms with van der Waals surface area (Å²) in [7, 11) is 5.77. The average Bonchev–Trinajstić information content (AvgIpc) is 4.20. The number of alkyl halides is 9. The lowest BCUT2D eigenvalue weighted by atomic mass is 9.94. The van der Waals surface area contributed by atoms with Gasteiger partial charge >= 0.3 is 23.9 Å². The molecule has 352 valence electrons. The number of hydrogen-bond acceptors (Lipinski definition) is 6. The summed E-state index contributed by atoms with van der Waals surface area (Å²) in [5, 5.41) is 0. The number of hydrogen-bond donors (Lipinski definition) is 2. The van der Waals surface area contributed by atoms with E-state index in [4.69, 9.17) is 28.9 Å². The lowest BCUT2D eigenvalue weighted by molar-refractivity contribution is -0.399. The summed E-state index contributed by atoms with van der Waals surface area (Å²) in [5.74, 6) is -18.7. The third kappa shape index (κ3) is 7.90. The van der Waals surface area contributed by atoms with Gasteiger partial charge in [-0.2, -0.15) is 39.5 Å². The molecule has 17 heteroatoms. The van der Waals surface area contributed by atoms with Gasteiger partial charge in [0.05, 0.1) is 62.3 Å². The van der Waals surface area contributed by atoms with Crippen LogP contribution >= 0.6 is 0 Å². The molecule has 0 radical (unpaired) electrons. The van der Waals surface area contributed by atoms with Crippen molar-refractivity contribution in [1.29, 1.82) is 0 Å². The fourth-order valence-corrected chi connectivity index (χ4v) is 8.32. The zero-order chi connectivity index (χ0) is 49.0. The van der Waals surface area contributed by atoms with Crippen LogP contribution in [0.3, 0.4) is 0 Å². The van der Waals surface area contributed by atoms with Crippen molar-refractivity contribution in [3.8, 4) is 67.5 Å². The first-order chi connectivity index (χ1) is 32.9. The Morgan fingerprint density at radius 2 is 0.725 bits per heavy atom. The van der Waals surface area contributed by atoms with Gasteiger partial charge in [0.1, 0.15) is 23.0 Å². The van der Waals surface area contributed by atoms with Gasteiger partial charge in [0.2, 0.25) is 0 Å². The molecule has 7 aromatic rings. The summed E-state index contributed by atoms with van der Waals surface area (Å²) in [6.45, 7) is 0. The number of rotatable bonds is 11. The molecular formula is C52H37F9N4O4. The molecule has 0 saturated carbocycles. The van der Waals surface area contributed by atoms with Crippen LogP contribution in [0.25, 0.3) is 90.9 Å². The number of nitrogens with zero attached hydrogens (tertiary/aromatic N) is 2. The van der Waals surface area contributed by atoms with Gasteiger partial charge in [0.25, 0.3) is 0 Å². The molecule has 9 rings (SSSR count). The van der Waals surface area contributed by atoms with E-state index in [1.54, 1.807) is 66.7 Å². The van der Waals surface area contributed by atoms with Crippen LogP contribution in [0.5, 0.6) is 23.0 Å². The van der Waals surface area contributed by atoms with Crippen LogP contribution < -0.4 is 18.9 Å². The first-order valence-corrected chi connectivity index (χ1v) is 20.9. The van der Waals surface area contributed by atoms with Gasteiger partial charge in [-0.15, -0.1) is 0 Å². The number of halogens is 9. The number of benzene rings is 4. The summed E-state index contributed by atoms with van der Waals surface area (Å²) >= 11 is 0. The number of ether oxygens (including phenoxy) is 4. The molecule has 0 unspecified atom stereocenters. The molecule has 8 bridgehead atoms. The Hall–Kier alpha value is -7.95. The van der Waals surface area contributed by atoms with Crippen molar-refractivity contribution >= 4 is 46.4 Å². The maximum Gasteiger partial charge on any atom is 0.460 e. The molecule has 2 aliphatic rings. The largest absolute Gasteiger partial charge is 0.497 e. The Balaban J connectivity index is 1.53. The molecule has 0 atom stereocenters. The maximum absolute atomic E-state index is 17.0. The monoisotopic (exact) mass is 952 g/mol. The van der Waals surface area contributed by atoms with Gasteiger partial charge in [-0.25, -0.2) is 9.97 Å². The zero-order valence-electron chi connectivity index (χ0n) is 36.7. The van der Waals surface area contributed by atoms with Gasteiger partial charge in [-0.05, 0) is 113 Å². The number of nitrogens with one attached hydrogen (secondary N) is 2. The third-order valence-corrected chi connectivity index (χ3v) is 11.9. The summed E-state index contributed by atoms with van der Waals surface area (Å²) < 4.78 is 159. The van der Waals surface area contributed by atoms with Crippen molar-refractivity contribution in [1.82, 2.24) is 19.9 Å². The van der Waals surface area contributed by atoms with Crippen molar-refractivity contribution in [2.24, 2.45) is 0 Å². The first kappa shape index (κ1) is 46.2. The maximum atomic E-state index is 17.0. The fraction of sp³-hybridized carbons (Fsp3) is 0.154. The minimum Gasteiger partial charge on any atom is -0.497 e. The highest BCUT2D eigenvalue weighted by atomic mass is 19.4. The number of methoxy groups -OCH3 is 4.